The molecule has 0 saturated carbocycles. The van der Waals surface area contributed by atoms with Crippen LogP contribution in [0.5, 0.6) is 5.75 Å². The summed E-state index contributed by atoms with van der Waals surface area (Å²) < 4.78 is 0. The van der Waals surface area contributed by atoms with Crippen LogP contribution >= 0.6 is 12.4 Å². The van der Waals surface area contributed by atoms with E-state index in [-0.39, 0.29) is 24.1 Å². The topological polar surface area (TPSA) is 110 Å². The lowest BCUT2D eigenvalue weighted by Gasteiger charge is -2.30. The Morgan fingerprint density at radius 1 is 1.04 bits per heavy atom. The van der Waals surface area contributed by atoms with Crippen LogP contribution in [0.1, 0.15) is 24.5 Å². The van der Waals surface area contributed by atoms with Crippen molar-refractivity contribution in [3.05, 3.63) is 65.7 Å². The average molecular weight is 406 g/mol. The maximum absolute atomic E-state index is 12.8. The zero-order valence-electron chi connectivity index (χ0n) is 16.0. The number of phenols is 1. The molecule has 152 valence electrons. The number of nitrogens with two attached hydrogens (primary N) is 2. The second-order valence-electron chi connectivity index (χ2n) is 6.68. The van der Waals surface area contributed by atoms with Crippen LogP contribution in [0.3, 0.4) is 0 Å². The highest BCUT2D eigenvalue weighted by molar-refractivity contribution is 5.88. The molecular formula is C21H28ClN3O3. The van der Waals surface area contributed by atoms with Crippen LogP contribution in [0.25, 0.3) is 0 Å². The minimum Gasteiger partial charge on any atom is -0.508 e. The van der Waals surface area contributed by atoms with E-state index in [1.54, 1.807) is 31.2 Å². The number of primary amides is 1. The highest BCUT2D eigenvalue weighted by atomic mass is 35.5. The fourth-order valence-corrected chi connectivity index (χ4v) is 2.93. The van der Waals surface area contributed by atoms with Crippen LogP contribution in [-0.2, 0) is 22.4 Å². The third-order valence-corrected chi connectivity index (χ3v) is 4.58. The number of hydrogen-bond donors (Lipinski definition) is 3. The molecule has 7 heteroatoms. The van der Waals surface area contributed by atoms with Crippen molar-refractivity contribution in [1.29, 1.82) is 0 Å². The highest BCUT2D eigenvalue weighted by Crippen LogP contribution is 2.13. The Bertz CT molecular complexity index is 753. The van der Waals surface area contributed by atoms with Gasteiger partial charge in [0.05, 0.1) is 6.04 Å². The van der Waals surface area contributed by atoms with Gasteiger partial charge < -0.3 is 21.5 Å². The van der Waals surface area contributed by atoms with Crippen molar-refractivity contribution < 1.29 is 14.7 Å². The zero-order valence-corrected chi connectivity index (χ0v) is 16.8. The molecule has 5 N–H and O–H groups in total. The van der Waals surface area contributed by atoms with Gasteiger partial charge in [-0.3, -0.25) is 9.59 Å². The van der Waals surface area contributed by atoms with E-state index in [1.165, 1.54) is 10.5 Å². The minimum atomic E-state index is -0.784. The van der Waals surface area contributed by atoms with Gasteiger partial charge in [-0.05, 0) is 49.4 Å². The number of carbonyl (C=O) groups is 2. The number of hydrogen-bond acceptors (Lipinski definition) is 4. The Labute approximate surface area is 171 Å². The van der Waals surface area contributed by atoms with Crippen LogP contribution in [0.15, 0.2) is 54.6 Å². The van der Waals surface area contributed by atoms with Gasteiger partial charge in [-0.25, -0.2) is 0 Å². The maximum atomic E-state index is 12.8. The summed E-state index contributed by atoms with van der Waals surface area (Å²) in [6, 6.07) is 15.0. The van der Waals surface area contributed by atoms with Crippen molar-refractivity contribution in [2.75, 3.05) is 6.54 Å². The molecule has 0 bridgehead atoms. The van der Waals surface area contributed by atoms with Gasteiger partial charge in [0.15, 0.2) is 0 Å². The molecule has 0 radical (unpaired) electrons. The number of rotatable bonds is 9. The first-order valence-electron chi connectivity index (χ1n) is 9.05. The second kappa shape index (κ2) is 11.3. The van der Waals surface area contributed by atoms with Gasteiger partial charge >= 0.3 is 0 Å². The van der Waals surface area contributed by atoms with Gasteiger partial charge in [-0.2, -0.15) is 0 Å². The van der Waals surface area contributed by atoms with E-state index >= 15 is 0 Å². The molecule has 0 unspecified atom stereocenters. The van der Waals surface area contributed by atoms with Crippen LogP contribution in [-0.4, -0.2) is 40.4 Å². The first-order chi connectivity index (χ1) is 12.9. The number of aromatic hydroxyl groups is 1. The number of benzene rings is 2. The normalized spacial score (nSPS) is 12.5. The third-order valence-electron chi connectivity index (χ3n) is 4.58. The van der Waals surface area contributed by atoms with Gasteiger partial charge in [0, 0.05) is 6.54 Å². The lowest BCUT2D eigenvalue weighted by molar-refractivity contribution is -0.139. The Hall–Kier alpha value is -2.57. The SMILES string of the molecule is C[C@H](C(N)=O)N(CCCc1ccccc1)C(=O)[C@@H](N)Cc1ccc(O)cc1.Cl. The molecule has 0 saturated heterocycles. The van der Waals surface area contributed by atoms with Crippen molar-refractivity contribution in [3.63, 3.8) is 0 Å². The molecule has 0 aliphatic heterocycles. The molecule has 28 heavy (non-hydrogen) atoms. The van der Waals surface area contributed by atoms with E-state index in [1.807, 2.05) is 30.3 Å². The zero-order chi connectivity index (χ0) is 19.8. The van der Waals surface area contributed by atoms with Gasteiger partial charge in [0.25, 0.3) is 0 Å². The smallest absolute Gasteiger partial charge is 0.240 e. The Morgan fingerprint density at radius 2 is 1.64 bits per heavy atom. The largest absolute Gasteiger partial charge is 0.508 e. The molecule has 0 fully saturated rings. The number of carbonyl (C=O) groups excluding carboxylic acids is 2. The van der Waals surface area contributed by atoms with E-state index in [4.69, 9.17) is 11.5 Å². The van der Waals surface area contributed by atoms with Crippen LogP contribution in [0, 0.1) is 0 Å². The molecule has 0 heterocycles. The average Bonchev–Trinajstić information content (AvgIpc) is 2.66. The monoisotopic (exact) mass is 405 g/mol. The molecule has 2 aromatic rings. The molecule has 0 aliphatic rings. The summed E-state index contributed by atoms with van der Waals surface area (Å²) in [5.74, 6) is -0.703. The quantitative estimate of drug-likeness (QED) is 0.592. The summed E-state index contributed by atoms with van der Waals surface area (Å²) in [6.07, 6.45) is 1.82. The summed E-state index contributed by atoms with van der Waals surface area (Å²) in [4.78, 5) is 26.0. The van der Waals surface area contributed by atoms with E-state index in [0.717, 1.165) is 12.0 Å². The predicted molar refractivity (Wildman–Crippen MR) is 112 cm³/mol. The fourth-order valence-electron chi connectivity index (χ4n) is 2.93. The van der Waals surface area contributed by atoms with Crippen LogP contribution in [0.2, 0.25) is 0 Å². The van der Waals surface area contributed by atoms with Crippen molar-refractivity contribution in [1.82, 2.24) is 4.90 Å². The maximum Gasteiger partial charge on any atom is 0.240 e. The van der Waals surface area contributed by atoms with E-state index in [0.29, 0.717) is 19.4 Å². The van der Waals surface area contributed by atoms with Gasteiger partial charge in [-0.1, -0.05) is 42.5 Å². The van der Waals surface area contributed by atoms with E-state index in [2.05, 4.69) is 0 Å². The number of halogens is 1. The van der Waals surface area contributed by atoms with Gasteiger partial charge in [-0.15, -0.1) is 12.4 Å². The van der Waals surface area contributed by atoms with Crippen molar-refractivity contribution in [3.8, 4) is 5.75 Å². The predicted octanol–water partition coefficient (Wildman–Crippen LogP) is 2.02. The summed E-state index contributed by atoms with van der Waals surface area (Å²) in [5.41, 5.74) is 13.5. The summed E-state index contributed by atoms with van der Waals surface area (Å²) in [6.45, 7) is 2.02. The van der Waals surface area contributed by atoms with Crippen LogP contribution in [0.4, 0.5) is 0 Å². The third kappa shape index (κ3) is 6.87. The van der Waals surface area contributed by atoms with Crippen molar-refractivity contribution >= 4 is 24.2 Å². The minimum absolute atomic E-state index is 0. The molecule has 6 nitrogen and oxygen atoms in total. The number of aryl methyl sites for hydroxylation is 1. The molecule has 0 aliphatic carbocycles. The molecule has 0 spiro atoms. The Kier molecular flexibility index (Phi) is 9.48. The number of amides is 2. The highest BCUT2D eigenvalue weighted by Gasteiger charge is 2.28. The lowest BCUT2D eigenvalue weighted by Crippen LogP contribution is -2.53. The summed E-state index contributed by atoms with van der Waals surface area (Å²) >= 11 is 0. The van der Waals surface area contributed by atoms with E-state index in [9.17, 15) is 14.7 Å². The van der Waals surface area contributed by atoms with Gasteiger partial charge in [0.2, 0.25) is 11.8 Å². The summed E-state index contributed by atoms with van der Waals surface area (Å²) in [7, 11) is 0. The lowest BCUT2D eigenvalue weighted by atomic mass is 10.0. The standard InChI is InChI=1S/C21H27N3O3.ClH/c1-15(20(23)26)24(13-5-8-16-6-3-2-4-7-16)21(27)19(22)14-17-9-11-18(25)12-10-17;/h2-4,6-7,9-12,15,19,25H,5,8,13-14,22H2,1H3,(H2,23,26);1H/t15-,19+;/m1./s1. The van der Waals surface area contributed by atoms with Crippen molar-refractivity contribution in [2.24, 2.45) is 11.5 Å². The summed E-state index contributed by atoms with van der Waals surface area (Å²) in [5, 5.41) is 9.36. The first kappa shape index (κ1) is 23.5. The molecule has 2 atom stereocenters. The molecular weight excluding hydrogens is 378 g/mol. The van der Waals surface area contributed by atoms with E-state index < -0.39 is 18.0 Å². The van der Waals surface area contributed by atoms with Gasteiger partial charge in [0.1, 0.15) is 11.8 Å². The molecule has 2 rings (SSSR count). The van der Waals surface area contributed by atoms with Crippen molar-refractivity contribution in [2.45, 2.75) is 38.3 Å². The molecule has 2 amide bonds. The Morgan fingerprint density at radius 3 is 2.21 bits per heavy atom. The molecule has 2 aromatic carbocycles. The van der Waals surface area contributed by atoms with Crippen LogP contribution < -0.4 is 11.5 Å². The number of nitrogens with zero attached hydrogens (tertiary/aromatic N) is 1. The fraction of sp³-hybridized carbons (Fsp3) is 0.333. The second-order valence-corrected chi connectivity index (χ2v) is 6.68. The number of phenolic OH excluding ortho intramolecular Hbond substituents is 1. The first-order valence-corrected chi connectivity index (χ1v) is 9.05. The molecule has 0 aromatic heterocycles. The Balaban J connectivity index is 0.00000392.